The maximum atomic E-state index is 14.0. The van der Waals surface area contributed by atoms with Gasteiger partial charge in [-0.25, -0.2) is 4.68 Å². The van der Waals surface area contributed by atoms with Crippen molar-refractivity contribution in [1.82, 2.24) is 25.2 Å². The number of hydrogen-bond donors (Lipinski definition) is 3. The second kappa shape index (κ2) is 9.48. The van der Waals surface area contributed by atoms with Crippen LogP contribution in [0.25, 0.3) is 11.0 Å². The molecule has 4 heterocycles. The third-order valence-electron chi connectivity index (χ3n) is 8.23. The molecule has 3 aromatic rings. The summed E-state index contributed by atoms with van der Waals surface area (Å²) in [6.45, 7) is 1.61. The molecule has 6 rings (SSSR count). The van der Waals surface area contributed by atoms with E-state index in [0.29, 0.717) is 30.5 Å². The van der Waals surface area contributed by atoms with Crippen molar-refractivity contribution in [2.75, 3.05) is 11.9 Å². The van der Waals surface area contributed by atoms with Gasteiger partial charge in [-0.3, -0.25) is 14.4 Å². The average Bonchev–Trinajstić information content (AvgIpc) is 3.68. The Morgan fingerprint density at radius 2 is 1.92 bits per heavy atom. The lowest BCUT2D eigenvalue weighted by Crippen LogP contribution is -2.58. The zero-order valence-electron chi connectivity index (χ0n) is 21.0. The van der Waals surface area contributed by atoms with Gasteiger partial charge in [-0.15, -0.1) is 5.10 Å². The number of para-hydroxylation sites is 2. The molecule has 3 amide bonds. The van der Waals surface area contributed by atoms with Gasteiger partial charge in [-0.05, 0) is 43.5 Å². The first-order chi connectivity index (χ1) is 18.5. The van der Waals surface area contributed by atoms with Gasteiger partial charge >= 0.3 is 0 Å². The van der Waals surface area contributed by atoms with E-state index in [0.717, 1.165) is 5.52 Å². The molecule has 3 aliphatic heterocycles. The molecule has 2 unspecified atom stereocenters. The molecule has 3 aliphatic rings. The third-order valence-corrected chi connectivity index (χ3v) is 8.23. The summed E-state index contributed by atoms with van der Waals surface area (Å²) < 4.78 is 8.01. The molecule has 11 nitrogen and oxygen atoms in total. The number of aliphatic hydroxyl groups is 1. The number of nitrogens with one attached hydrogen (secondary N) is 2. The third kappa shape index (κ3) is 3.68. The van der Waals surface area contributed by atoms with Gasteiger partial charge in [0.15, 0.2) is 0 Å². The Morgan fingerprint density at radius 3 is 2.68 bits per heavy atom. The second-order valence-corrected chi connectivity index (χ2v) is 10.2. The van der Waals surface area contributed by atoms with Crippen molar-refractivity contribution in [1.29, 1.82) is 0 Å². The van der Waals surface area contributed by atoms with Crippen LogP contribution in [0.15, 0.2) is 54.6 Å². The summed E-state index contributed by atoms with van der Waals surface area (Å²) in [7, 11) is 0. The first kappa shape index (κ1) is 24.5. The highest BCUT2D eigenvalue weighted by atomic mass is 16.5. The van der Waals surface area contributed by atoms with Crippen LogP contribution in [0.4, 0.5) is 5.69 Å². The number of hydrogen-bond acceptors (Lipinski definition) is 7. The quantitative estimate of drug-likeness (QED) is 0.408. The first-order valence-corrected chi connectivity index (χ1v) is 13.0. The minimum Gasteiger partial charge on any atom is -0.394 e. The van der Waals surface area contributed by atoms with Crippen molar-refractivity contribution in [3.8, 4) is 0 Å². The number of aliphatic hydroxyl groups excluding tert-OH is 1. The molecule has 38 heavy (non-hydrogen) atoms. The largest absolute Gasteiger partial charge is 0.394 e. The lowest BCUT2D eigenvalue weighted by atomic mass is 9.70. The number of anilines is 1. The monoisotopic (exact) mass is 518 g/mol. The van der Waals surface area contributed by atoms with Crippen molar-refractivity contribution < 1.29 is 24.2 Å². The Balaban J connectivity index is 1.30. The van der Waals surface area contributed by atoms with E-state index >= 15 is 0 Å². The molecule has 1 spiro atoms. The fourth-order valence-electron chi connectivity index (χ4n) is 6.53. The summed E-state index contributed by atoms with van der Waals surface area (Å²) in [6, 6.07) is 14.9. The average molecular weight is 519 g/mol. The molecule has 2 bridgehead atoms. The highest BCUT2D eigenvalue weighted by molar-refractivity contribution is 6.02. The number of aromatic nitrogens is 3. The SMILES string of the molecule is CC[C@@H](CO)N1C(=O)[C@@H]2[C@@H](C(=O)Nc3ccccc3)[C@H]3CCC2(O3)C1C(=O)NCn1nnc2ccccc21. The number of nitrogens with zero attached hydrogens (tertiary/aromatic N) is 4. The molecule has 3 fully saturated rings. The number of likely N-dealkylation sites (tertiary alicyclic amines) is 1. The van der Waals surface area contributed by atoms with Crippen LogP contribution in [-0.2, 0) is 25.8 Å². The van der Waals surface area contributed by atoms with E-state index in [2.05, 4.69) is 20.9 Å². The van der Waals surface area contributed by atoms with Crippen LogP contribution in [-0.4, -0.2) is 73.1 Å². The summed E-state index contributed by atoms with van der Waals surface area (Å²) in [6.07, 6.45) is 1.04. The van der Waals surface area contributed by atoms with E-state index < -0.39 is 41.5 Å². The highest BCUT2D eigenvalue weighted by Gasteiger charge is 2.75. The van der Waals surface area contributed by atoms with Crippen LogP contribution in [0, 0.1) is 11.8 Å². The summed E-state index contributed by atoms with van der Waals surface area (Å²) in [4.78, 5) is 42.7. The predicted molar refractivity (Wildman–Crippen MR) is 136 cm³/mol. The molecule has 3 N–H and O–H groups in total. The molecule has 1 aromatic heterocycles. The molecule has 198 valence electrons. The summed E-state index contributed by atoms with van der Waals surface area (Å²) >= 11 is 0. The second-order valence-electron chi connectivity index (χ2n) is 10.2. The number of ether oxygens (including phenoxy) is 1. The van der Waals surface area contributed by atoms with Crippen LogP contribution in [0.2, 0.25) is 0 Å². The molecule has 11 heteroatoms. The molecule has 0 radical (unpaired) electrons. The molecule has 2 aromatic carbocycles. The number of fused-ring (bicyclic) bond motifs is 2. The van der Waals surface area contributed by atoms with E-state index in [9.17, 15) is 19.5 Å². The lowest BCUT2D eigenvalue weighted by Gasteiger charge is -2.36. The Hall–Kier alpha value is -3.83. The number of carbonyl (C=O) groups excluding carboxylic acids is 3. The van der Waals surface area contributed by atoms with Gasteiger partial charge in [-0.2, -0.15) is 0 Å². The first-order valence-electron chi connectivity index (χ1n) is 13.0. The molecule has 0 aliphatic carbocycles. The fraction of sp³-hybridized carbons (Fsp3) is 0.444. The zero-order valence-corrected chi connectivity index (χ0v) is 21.0. The van der Waals surface area contributed by atoms with Gasteiger partial charge in [-0.1, -0.05) is 42.5 Å². The lowest BCUT2D eigenvalue weighted by molar-refractivity contribution is -0.145. The Labute approximate surface area is 219 Å². The normalized spacial score (nSPS) is 28.5. The topological polar surface area (TPSA) is 139 Å². The Morgan fingerprint density at radius 1 is 1.16 bits per heavy atom. The van der Waals surface area contributed by atoms with E-state index in [4.69, 9.17) is 4.74 Å². The van der Waals surface area contributed by atoms with Gasteiger partial charge in [0.2, 0.25) is 17.7 Å². The molecule has 3 saturated heterocycles. The van der Waals surface area contributed by atoms with Crippen LogP contribution >= 0.6 is 0 Å². The van der Waals surface area contributed by atoms with Crippen molar-refractivity contribution in [3.05, 3.63) is 54.6 Å². The number of benzene rings is 2. The minimum atomic E-state index is -1.14. The smallest absolute Gasteiger partial charge is 0.247 e. The summed E-state index contributed by atoms with van der Waals surface area (Å²) in [5.74, 6) is -2.57. The number of rotatable bonds is 8. The molecular weight excluding hydrogens is 488 g/mol. The number of carbonyl (C=O) groups is 3. The van der Waals surface area contributed by atoms with Crippen LogP contribution < -0.4 is 10.6 Å². The van der Waals surface area contributed by atoms with Crippen molar-refractivity contribution in [2.45, 2.75) is 56.6 Å². The molecule has 0 saturated carbocycles. The van der Waals surface area contributed by atoms with Crippen LogP contribution in [0.3, 0.4) is 0 Å². The standard InChI is InChI=1S/C27H30N6O5/c1-2-17(14-34)33-23(25(36)28-15-32-19-11-7-6-10-18(19)30-31-32)27-13-12-20(38-27)21(22(27)26(33)37)24(35)29-16-8-4-3-5-9-16/h3-11,17,20-23,34H,2,12-15H2,1H3,(H,28,36)(H,29,35)/t17-,20+,21-,22-,23?,27?/m0/s1. The van der Waals surface area contributed by atoms with Crippen molar-refractivity contribution >= 4 is 34.4 Å². The van der Waals surface area contributed by atoms with Gasteiger partial charge in [0.25, 0.3) is 0 Å². The van der Waals surface area contributed by atoms with Crippen LogP contribution in [0.1, 0.15) is 26.2 Å². The minimum absolute atomic E-state index is 0.0515. The molecule has 6 atom stereocenters. The van der Waals surface area contributed by atoms with Crippen LogP contribution in [0.5, 0.6) is 0 Å². The maximum absolute atomic E-state index is 14.0. The van der Waals surface area contributed by atoms with E-state index in [1.165, 1.54) is 4.90 Å². The fourth-order valence-corrected chi connectivity index (χ4v) is 6.53. The zero-order chi connectivity index (χ0) is 26.4. The summed E-state index contributed by atoms with van der Waals surface area (Å²) in [5.41, 5.74) is 0.959. The molecular formula is C27H30N6O5. The Kier molecular flexibility index (Phi) is 6.11. The maximum Gasteiger partial charge on any atom is 0.247 e. The van der Waals surface area contributed by atoms with E-state index in [-0.39, 0.29) is 25.1 Å². The van der Waals surface area contributed by atoms with Crippen molar-refractivity contribution in [3.63, 3.8) is 0 Å². The number of amides is 3. The van der Waals surface area contributed by atoms with Gasteiger partial charge in [0.1, 0.15) is 23.8 Å². The van der Waals surface area contributed by atoms with Gasteiger partial charge in [0.05, 0.1) is 36.1 Å². The van der Waals surface area contributed by atoms with Crippen molar-refractivity contribution in [2.24, 2.45) is 11.8 Å². The summed E-state index contributed by atoms with van der Waals surface area (Å²) in [5, 5.41) is 24.2. The predicted octanol–water partition coefficient (Wildman–Crippen LogP) is 1.29. The van der Waals surface area contributed by atoms with Gasteiger partial charge < -0.3 is 25.4 Å². The highest BCUT2D eigenvalue weighted by Crippen LogP contribution is 2.59. The van der Waals surface area contributed by atoms with E-state index in [1.54, 1.807) is 16.8 Å². The Bertz CT molecular complexity index is 1370. The van der Waals surface area contributed by atoms with Gasteiger partial charge in [0, 0.05) is 5.69 Å². The van der Waals surface area contributed by atoms with E-state index in [1.807, 2.05) is 49.4 Å².